The number of benzene rings is 1. The lowest BCUT2D eigenvalue weighted by molar-refractivity contribution is 0.411. The zero-order valence-corrected chi connectivity index (χ0v) is 18.6. The predicted octanol–water partition coefficient (Wildman–Crippen LogP) is 3.08. The Kier molecular flexibility index (Phi) is 4.47. The average molecular weight is 431 g/mol. The lowest BCUT2D eigenvalue weighted by Crippen LogP contribution is -2.43. The first-order chi connectivity index (χ1) is 15.3. The Hall–Kier alpha value is -3.81. The number of nitrogens with zero attached hydrogens (tertiary/aromatic N) is 5. The van der Waals surface area contributed by atoms with Crippen molar-refractivity contribution >= 4 is 16.9 Å². The Bertz CT molecular complexity index is 1550. The molecule has 4 heterocycles. The van der Waals surface area contributed by atoms with Gasteiger partial charge in [-0.25, -0.2) is 4.79 Å². The molecule has 164 valence electrons. The molecule has 0 unspecified atom stereocenters. The van der Waals surface area contributed by atoms with E-state index in [1.807, 2.05) is 74.0 Å². The van der Waals surface area contributed by atoms with Crippen molar-refractivity contribution in [2.45, 2.75) is 39.3 Å². The lowest BCUT2D eigenvalue weighted by Gasteiger charge is -2.26. The number of furan rings is 1. The molecule has 0 atom stereocenters. The van der Waals surface area contributed by atoms with Crippen LogP contribution in [0, 0.1) is 6.92 Å². The average Bonchev–Trinajstić information content (AvgIpc) is 3.48. The van der Waals surface area contributed by atoms with Gasteiger partial charge in [0.25, 0.3) is 5.56 Å². The molecule has 5 aromatic rings. The third-order valence-corrected chi connectivity index (χ3v) is 6.14. The molecular weight excluding hydrogens is 406 g/mol. The van der Waals surface area contributed by atoms with Gasteiger partial charge in [0.1, 0.15) is 5.76 Å². The minimum Gasteiger partial charge on any atom is -0.467 e. The van der Waals surface area contributed by atoms with Crippen LogP contribution in [0.3, 0.4) is 0 Å². The molecule has 8 nitrogen and oxygen atoms in total. The summed E-state index contributed by atoms with van der Waals surface area (Å²) in [5.41, 5.74) is 1.65. The van der Waals surface area contributed by atoms with Gasteiger partial charge >= 0.3 is 5.69 Å². The third kappa shape index (κ3) is 3.02. The summed E-state index contributed by atoms with van der Waals surface area (Å²) >= 11 is 0. The SMILES string of the molecule is Cc1cn2c3c(=O)n(CC(C)(C)c4ccccc4)c(=O)n(C)c3nc2n1Cc1ccco1. The van der Waals surface area contributed by atoms with Crippen LogP contribution in [0.2, 0.25) is 0 Å². The number of fused-ring (bicyclic) bond motifs is 3. The van der Waals surface area contributed by atoms with Gasteiger partial charge in [0.2, 0.25) is 5.78 Å². The van der Waals surface area contributed by atoms with Gasteiger partial charge in [-0.2, -0.15) is 4.98 Å². The second kappa shape index (κ2) is 7.12. The van der Waals surface area contributed by atoms with Crippen molar-refractivity contribution in [1.29, 1.82) is 0 Å². The van der Waals surface area contributed by atoms with Crippen LogP contribution in [0.5, 0.6) is 0 Å². The highest BCUT2D eigenvalue weighted by Crippen LogP contribution is 2.24. The van der Waals surface area contributed by atoms with Crippen LogP contribution in [0.4, 0.5) is 0 Å². The molecule has 0 bridgehead atoms. The van der Waals surface area contributed by atoms with Crippen LogP contribution in [0.15, 0.2) is 68.9 Å². The molecule has 1 aromatic carbocycles. The van der Waals surface area contributed by atoms with Crippen molar-refractivity contribution in [2.24, 2.45) is 7.05 Å². The third-order valence-electron chi connectivity index (χ3n) is 6.14. The topological polar surface area (TPSA) is 79.4 Å². The summed E-state index contributed by atoms with van der Waals surface area (Å²) in [4.78, 5) is 31.4. The molecule has 0 N–H and O–H groups in total. The highest BCUT2D eigenvalue weighted by Gasteiger charge is 2.26. The molecule has 0 amide bonds. The van der Waals surface area contributed by atoms with Crippen molar-refractivity contribution in [3.8, 4) is 0 Å². The molecule has 0 aliphatic carbocycles. The fourth-order valence-electron chi connectivity index (χ4n) is 4.32. The first kappa shape index (κ1) is 20.1. The first-order valence-electron chi connectivity index (χ1n) is 10.5. The molecule has 0 saturated heterocycles. The van der Waals surface area contributed by atoms with Gasteiger partial charge in [0.15, 0.2) is 11.2 Å². The van der Waals surface area contributed by atoms with E-state index in [2.05, 4.69) is 4.98 Å². The molecule has 0 aliphatic heterocycles. The van der Waals surface area contributed by atoms with Crippen molar-refractivity contribution in [3.05, 3.63) is 92.8 Å². The predicted molar refractivity (Wildman–Crippen MR) is 122 cm³/mol. The summed E-state index contributed by atoms with van der Waals surface area (Å²) in [6.07, 6.45) is 3.51. The highest BCUT2D eigenvalue weighted by molar-refractivity contribution is 5.75. The lowest BCUT2D eigenvalue weighted by atomic mass is 9.84. The summed E-state index contributed by atoms with van der Waals surface area (Å²) < 4.78 is 12.0. The van der Waals surface area contributed by atoms with Crippen molar-refractivity contribution in [1.82, 2.24) is 23.1 Å². The quantitative estimate of drug-likeness (QED) is 0.428. The molecule has 0 radical (unpaired) electrons. The Balaban J connectivity index is 1.70. The van der Waals surface area contributed by atoms with Crippen molar-refractivity contribution in [2.75, 3.05) is 0 Å². The first-order valence-corrected chi connectivity index (χ1v) is 10.5. The van der Waals surface area contributed by atoms with E-state index in [9.17, 15) is 9.59 Å². The van der Waals surface area contributed by atoms with E-state index >= 15 is 0 Å². The van der Waals surface area contributed by atoms with E-state index in [0.29, 0.717) is 23.5 Å². The van der Waals surface area contributed by atoms with E-state index in [0.717, 1.165) is 17.0 Å². The number of hydrogen-bond acceptors (Lipinski definition) is 4. The fraction of sp³-hybridized carbons (Fsp3) is 0.292. The zero-order chi connectivity index (χ0) is 22.6. The van der Waals surface area contributed by atoms with Gasteiger partial charge in [-0.15, -0.1) is 0 Å². The van der Waals surface area contributed by atoms with Crippen molar-refractivity contribution < 1.29 is 4.42 Å². The minimum atomic E-state index is -0.407. The monoisotopic (exact) mass is 431 g/mol. The minimum absolute atomic E-state index is 0.262. The normalized spacial score (nSPS) is 12.2. The van der Waals surface area contributed by atoms with Crippen LogP contribution in [-0.4, -0.2) is 23.1 Å². The molecule has 0 saturated carbocycles. The Morgan fingerprint density at radius 2 is 1.78 bits per heavy atom. The van der Waals surface area contributed by atoms with Crippen LogP contribution in [-0.2, 0) is 25.6 Å². The van der Waals surface area contributed by atoms with E-state index in [4.69, 9.17) is 4.42 Å². The maximum Gasteiger partial charge on any atom is 0.332 e. The molecule has 32 heavy (non-hydrogen) atoms. The molecule has 0 fully saturated rings. The smallest absolute Gasteiger partial charge is 0.332 e. The Labute approximate surface area is 184 Å². The number of imidazole rings is 2. The summed E-state index contributed by atoms with van der Waals surface area (Å²) in [6, 6.07) is 13.7. The van der Waals surface area contributed by atoms with E-state index in [-0.39, 0.29) is 17.8 Å². The van der Waals surface area contributed by atoms with Gasteiger partial charge in [-0.05, 0) is 24.6 Å². The van der Waals surface area contributed by atoms with Gasteiger partial charge in [0.05, 0.1) is 12.8 Å². The second-order valence-corrected chi connectivity index (χ2v) is 8.87. The van der Waals surface area contributed by atoms with Crippen LogP contribution in [0.1, 0.15) is 30.9 Å². The molecule has 0 aliphatic rings. The van der Waals surface area contributed by atoms with E-state index in [1.165, 1.54) is 9.13 Å². The van der Waals surface area contributed by atoms with Gasteiger partial charge in [-0.1, -0.05) is 44.2 Å². The summed E-state index contributed by atoms with van der Waals surface area (Å²) in [5.74, 6) is 1.38. The summed E-state index contributed by atoms with van der Waals surface area (Å²) in [6.45, 7) is 6.78. The van der Waals surface area contributed by atoms with Gasteiger partial charge < -0.3 is 8.98 Å². The molecule has 4 aromatic heterocycles. The molecule has 0 spiro atoms. The van der Waals surface area contributed by atoms with Crippen LogP contribution < -0.4 is 11.2 Å². The number of aromatic nitrogens is 5. The highest BCUT2D eigenvalue weighted by atomic mass is 16.3. The van der Waals surface area contributed by atoms with Crippen LogP contribution >= 0.6 is 0 Å². The maximum absolute atomic E-state index is 13.6. The Morgan fingerprint density at radius 3 is 2.47 bits per heavy atom. The number of hydrogen-bond donors (Lipinski definition) is 0. The summed E-state index contributed by atoms with van der Waals surface area (Å²) in [7, 11) is 1.66. The van der Waals surface area contributed by atoms with E-state index < -0.39 is 5.41 Å². The maximum atomic E-state index is 13.6. The largest absolute Gasteiger partial charge is 0.467 e. The Morgan fingerprint density at radius 1 is 1.03 bits per heavy atom. The number of rotatable bonds is 5. The number of aryl methyl sites for hydroxylation is 2. The van der Waals surface area contributed by atoms with Gasteiger partial charge in [-0.3, -0.25) is 18.3 Å². The fourth-order valence-corrected chi connectivity index (χ4v) is 4.32. The van der Waals surface area contributed by atoms with Gasteiger partial charge in [0, 0.05) is 30.9 Å². The zero-order valence-electron chi connectivity index (χ0n) is 18.6. The molecular formula is C24H25N5O3. The van der Waals surface area contributed by atoms with Crippen LogP contribution in [0.25, 0.3) is 16.9 Å². The molecule has 5 rings (SSSR count). The summed E-state index contributed by atoms with van der Waals surface area (Å²) in [5, 5.41) is 0. The standard InChI is InChI=1S/C24H25N5O3/c1-16-13-28-19-20(25-22(28)27(16)14-18-11-8-12-32-18)26(4)23(31)29(21(19)30)15-24(2,3)17-9-6-5-7-10-17/h5-13H,14-15H2,1-4H3. The van der Waals surface area contributed by atoms with E-state index in [1.54, 1.807) is 17.7 Å². The second-order valence-electron chi connectivity index (χ2n) is 8.87. The van der Waals surface area contributed by atoms with Crippen molar-refractivity contribution in [3.63, 3.8) is 0 Å². The molecule has 8 heteroatoms.